The summed E-state index contributed by atoms with van der Waals surface area (Å²) in [5.41, 5.74) is 3.59. The molecule has 0 radical (unpaired) electrons. The van der Waals surface area contributed by atoms with E-state index in [-0.39, 0.29) is 5.91 Å². The van der Waals surface area contributed by atoms with E-state index in [1.54, 1.807) is 17.9 Å². The number of sulfonamides is 1. The van der Waals surface area contributed by atoms with E-state index in [9.17, 15) is 13.2 Å². The number of piperazine rings is 1. The molecule has 0 aliphatic carbocycles. The number of benzene rings is 1. The molecule has 1 aromatic rings. The minimum Gasteiger partial charge on any atom is -0.337 e. The summed E-state index contributed by atoms with van der Waals surface area (Å²) in [6.45, 7) is 10.9. The first-order valence-corrected chi connectivity index (χ1v) is 9.63. The molecular weight excluding hydrogens is 324 g/mol. The Kier molecular flexibility index (Phi) is 5.50. The van der Waals surface area contributed by atoms with Crippen LogP contribution in [0.1, 0.15) is 29.2 Å². The third kappa shape index (κ3) is 3.39. The first kappa shape index (κ1) is 18.7. The van der Waals surface area contributed by atoms with E-state index in [1.807, 2.05) is 33.8 Å². The summed E-state index contributed by atoms with van der Waals surface area (Å²) >= 11 is 0. The minimum absolute atomic E-state index is 0.0618. The lowest BCUT2D eigenvalue weighted by Gasteiger charge is -2.34. The molecule has 0 unspecified atom stereocenters. The molecule has 132 valence electrons. The lowest BCUT2D eigenvalue weighted by atomic mass is 10.0. The maximum atomic E-state index is 13.1. The predicted octanol–water partition coefficient (Wildman–Crippen LogP) is 2.33. The Morgan fingerprint density at radius 2 is 1.50 bits per heavy atom. The monoisotopic (exact) mass is 350 g/mol. The molecular formula is C18H26N2O3S. The zero-order valence-corrected chi connectivity index (χ0v) is 15.9. The summed E-state index contributed by atoms with van der Waals surface area (Å²) in [6.07, 6.45) is 3.22. The minimum atomic E-state index is -3.55. The molecule has 0 aromatic heterocycles. The maximum absolute atomic E-state index is 13.1. The summed E-state index contributed by atoms with van der Waals surface area (Å²) in [5, 5.41) is 0. The van der Waals surface area contributed by atoms with Crippen molar-refractivity contribution in [2.24, 2.45) is 0 Å². The molecule has 0 atom stereocenters. The topological polar surface area (TPSA) is 57.7 Å². The van der Waals surface area contributed by atoms with Crippen molar-refractivity contribution in [2.75, 3.05) is 26.2 Å². The Bertz CT molecular complexity index is 748. The highest BCUT2D eigenvalue weighted by Crippen LogP contribution is 2.29. The number of allylic oxidation sites excluding steroid dienone is 1. The molecule has 0 bridgehead atoms. The van der Waals surface area contributed by atoms with E-state index in [4.69, 9.17) is 0 Å². The van der Waals surface area contributed by atoms with Crippen molar-refractivity contribution >= 4 is 15.9 Å². The number of rotatable bonds is 3. The lowest BCUT2D eigenvalue weighted by Crippen LogP contribution is -2.50. The molecule has 1 heterocycles. The zero-order chi connectivity index (χ0) is 18.1. The quantitative estimate of drug-likeness (QED) is 0.786. The number of nitrogens with zero attached hydrogens (tertiary/aromatic N) is 2. The molecule has 1 saturated heterocycles. The van der Waals surface area contributed by atoms with Gasteiger partial charge >= 0.3 is 0 Å². The molecule has 6 heteroatoms. The van der Waals surface area contributed by atoms with Crippen LogP contribution in [0.3, 0.4) is 0 Å². The Hall–Kier alpha value is -1.66. The van der Waals surface area contributed by atoms with Crippen LogP contribution in [0.4, 0.5) is 0 Å². The molecule has 1 aromatic carbocycles. The third-order valence-corrected chi connectivity index (χ3v) is 6.93. The van der Waals surface area contributed by atoms with Gasteiger partial charge in [-0.3, -0.25) is 4.79 Å². The van der Waals surface area contributed by atoms with Crippen molar-refractivity contribution < 1.29 is 13.2 Å². The van der Waals surface area contributed by atoms with E-state index < -0.39 is 10.0 Å². The largest absolute Gasteiger partial charge is 0.337 e. The number of carbonyl (C=O) groups is 1. The van der Waals surface area contributed by atoms with Crippen molar-refractivity contribution in [3.63, 3.8) is 0 Å². The second kappa shape index (κ2) is 7.07. The van der Waals surface area contributed by atoms with Gasteiger partial charge in [0.15, 0.2) is 0 Å². The highest BCUT2D eigenvalue weighted by molar-refractivity contribution is 7.89. The highest BCUT2D eigenvalue weighted by atomic mass is 32.2. The molecule has 1 fully saturated rings. The van der Waals surface area contributed by atoms with Gasteiger partial charge in [-0.05, 0) is 62.9 Å². The average Bonchev–Trinajstić information content (AvgIpc) is 2.53. The Morgan fingerprint density at radius 1 is 1.00 bits per heavy atom. The molecule has 0 saturated carbocycles. The summed E-state index contributed by atoms with van der Waals surface area (Å²) in [6, 6.07) is 2.03. The van der Waals surface area contributed by atoms with Crippen molar-refractivity contribution in [3.05, 3.63) is 40.5 Å². The Morgan fingerprint density at radius 3 is 1.96 bits per heavy atom. The van der Waals surface area contributed by atoms with Crippen LogP contribution >= 0.6 is 0 Å². The van der Waals surface area contributed by atoms with Gasteiger partial charge in [-0.25, -0.2) is 8.42 Å². The summed E-state index contributed by atoms with van der Waals surface area (Å²) < 4.78 is 27.8. The lowest BCUT2D eigenvalue weighted by molar-refractivity contribution is -0.127. The molecule has 24 heavy (non-hydrogen) atoms. The fourth-order valence-corrected chi connectivity index (χ4v) is 5.09. The first-order chi connectivity index (χ1) is 11.2. The average molecular weight is 350 g/mol. The maximum Gasteiger partial charge on any atom is 0.246 e. The number of hydrogen-bond acceptors (Lipinski definition) is 3. The van der Waals surface area contributed by atoms with Crippen LogP contribution in [0.25, 0.3) is 0 Å². The number of aryl methyl sites for hydroxylation is 2. The molecule has 1 amide bonds. The summed E-state index contributed by atoms with van der Waals surface area (Å²) in [4.78, 5) is 14.0. The van der Waals surface area contributed by atoms with Gasteiger partial charge in [-0.15, -0.1) is 0 Å². The number of amides is 1. The van der Waals surface area contributed by atoms with Crippen LogP contribution < -0.4 is 0 Å². The summed E-state index contributed by atoms with van der Waals surface area (Å²) in [7, 11) is -3.55. The Labute approximate surface area is 145 Å². The van der Waals surface area contributed by atoms with Crippen LogP contribution in [0.2, 0.25) is 0 Å². The third-order valence-electron chi connectivity index (χ3n) is 4.75. The van der Waals surface area contributed by atoms with Crippen molar-refractivity contribution in [3.8, 4) is 0 Å². The fraction of sp³-hybridized carbons (Fsp3) is 0.500. The smallest absolute Gasteiger partial charge is 0.246 e. The van der Waals surface area contributed by atoms with Gasteiger partial charge in [0, 0.05) is 26.2 Å². The SMILES string of the molecule is C/C=C/C(=O)N1CCN(S(=O)(=O)c2c(C)c(C)cc(C)c2C)CC1. The first-order valence-electron chi connectivity index (χ1n) is 8.19. The standard InChI is InChI=1S/C18H26N2O3S/c1-6-7-17(21)19-8-10-20(11-9-19)24(22,23)18-15(4)13(2)12-14(3)16(18)5/h6-7,12H,8-11H2,1-5H3/b7-6+. The van der Waals surface area contributed by atoms with E-state index in [1.165, 1.54) is 10.4 Å². The van der Waals surface area contributed by atoms with E-state index >= 15 is 0 Å². The molecule has 1 aliphatic rings. The molecule has 0 N–H and O–H groups in total. The van der Waals surface area contributed by atoms with Gasteiger partial charge in [0.05, 0.1) is 4.90 Å². The van der Waals surface area contributed by atoms with E-state index in [0.717, 1.165) is 22.3 Å². The second-order valence-corrected chi connectivity index (χ2v) is 8.19. The van der Waals surface area contributed by atoms with Crippen LogP contribution in [0, 0.1) is 27.7 Å². The van der Waals surface area contributed by atoms with Crippen LogP contribution in [0.15, 0.2) is 23.1 Å². The van der Waals surface area contributed by atoms with Crippen LogP contribution in [0.5, 0.6) is 0 Å². The van der Waals surface area contributed by atoms with Crippen molar-refractivity contribution in [1.29, 1.82) is 0 Å². The van der Waals surface area contributed by atoms with Gasteiger partial charge in [0.1, 0.15) is 0 Å². The Balaban J connectivity index is 2.30. The van der Waals surface area contributed by atoms with Crippen LogP contribution in [-0.2, 0) is 14.8 Å². The number of hydrogen-bond donors (Lipinski definition) is 0. The molecule has 1 aliphatic heterocycles. The zero-order valence-electron chi connectivity index (χ0n) is 15.1. The molecule has 2 rings (SSSR count). The van der Waals surface area contributed by atoms with Gasteiger partial charge < -0.3 is 4.90 Å². The van der Waals surface area contributed by atoms with Crippen molar-refractivity contribution in [1.82, 2.24) is 9.21 Å². The molecule has 5 nitrogen and oxygen atoms in total. The fourth-order valence-electron chi connectivity index (χ4n) is 3.09. The number of carbonyl (C=O) groups excluding carboxylic acids is 1. The van der Waals surface area contributed by atoms with Gasteiger partial charge in [0.25, 0.3) is 0 Å². The van der Waals surface area contributed by atoms with Crippen molar-refractivity contribution in [2.45, 2.75) is 39.5 Å². The predicted molar refractivity (Wildman–Crippen MR) is 95.5 cm³/mol. The van der Waals surface area contributed by atoms with Gasteiger partial charge in [-0.2, -0.15) is 4.31 Å². The highest BCUT2D eigenvalue weighted by Gasteiger charge is 2.32. The van der Waals surface area contributed by atoms with Crippen LogP contribution in [-0.4, -0.2) is 49.7 Å². The molecule has 0 spiro atoms. The normalized spacial score (nSPS) is 16.8. The van der Waals surface area contributed by atoms with Gasteiger partial charge in [0.2, 0.25) is 15.9 Å². The van der Waals surface area contributed by atoms with E-state index in [0.29, 0.717) is 31.1 Å². The second-order valence-electron chi connectivity index (χ2n) is 6.32. The van der Waals surface area contributed by atoms with E-state index in [2.05, 4.69) is 0 Å². The summed E-state index contributed by atoms with van der Waals surface area (Å²) in [5.74, 6) is -0.0618. The van der Waals surface area contributed by atoms with Gasteiger partial charge in [-0.1, -0.05) is 12.1 Å².